The molecule has 1 aliphatic rings. The van der Waals surface area contributed by atoms with Gasteiger partial charge in [-0.3, -0.25) is 0 Å². The van der Waals surface area contributed by atoms with Gasteiger partial charge in [-0.15, -0.1) is 0 Å². The van der Waals surface area contributed by atoms with Crippen molar-refractivity contribution in [2.45, 2.75) is 13.8 Å². The summed E-state index contributed by atoms with van der Waals surface area (Å²) in [5.74, 6) is 0.839. The lowest BCUT2D eigenvalue weighted by Crippen LogP contribution is -2.37. The molecule has 1 aromatic rings. The molecule has 1 saturated heterocycles. The van der Waals surface area contributed by atoms with Crippen LogP contribution in [-0.4, -0.2) is 36.3 Å². The summed E-state index contributed by atoms with van der Waals surface area (Å²) in [5, 5.41) is 0. The number of morpholine rings is 1. The van der Waals surface area contributed by atoms with E-state index in [1.807, 2.05) is 19.9 Å². The van der Waals surface area contributed by atoms with Crippen molar-refractivity contribution in [1.82, 2.24) is 9.97 Å². The highest BCUT2D eigenvalue weighted by Crippen LogP contribution is 2.11. The van der Waals surface area contributed by atoms with E-state index in [-0.39, 0.29) is 0 Å². The summed E-state index contributed by atoms with van der Waals surface area (Å²) in [7, 11) is 0. The summed E-state index contributed by atoms with van der Waals surface area (Å²) in [6.45, 7) is 7.33. The fraction of sp³-hybridized carbons (Fsp3) is 0.600. The van der Waals surface area contributed by atoms with Gasteiger partial charge in [-0.25, -0.2) is 9.97 Å². The number of anilines is 1. The van der Waals surface area contributed by atoms with Crippen molar-refractivity contribution >= 4 is 5.95 Å². The van der Waals surface area contributed by atoms with Gasteiger partial charge >= 0.3 is 0 Å². The predicted molar refractivity (Wildman–Crippen MR) is 54.5 cm³/mol. The molecular weight excluding hydrogens is 178 g/mol. The minimum absolute atomic E-state index is 0.774. The van der Waals surface area contributed by atoms with Gasteiger partial charge in [0.05, 0.1) is 13.2 Å². The van der Waals surface area contributed by atoms with E-state index < -0.39 is 0 Å². The molecule has 0 saturated carbocycles. The highest BCUT2D eigenvalue weighted by Gasteiger charge is 2.13. The maximum atomic E-state index is 5.28. The van der Waals surface area contributed by atoms with E-state index in [1.54, 1.807) is 0 Å². The first kappa shape index (κ1) is 9.40. The van der Waals surface area contributed by atoms with Gasteiger partial charge in [-0.2, -0.15) is 0 Å². The van der Waals surface area contributed by atoms with Crippen LogP contribution < -0.4 is 4.90 Å². The van der Waals surface area contributed by atoms with Gasteiger partial charge < -0.3 is 9.64 Å². The standard InChI is InChI=1S/C10H15N3O/c1-8-7-9(2)12-10(11-8)13-3-5-14-6-4-13/h7H,3-6H2,1-2H3. The lowest BCUT2D eigenvalue weighted by molar-refractivity contribution is 0.122. The summed E-state index contributed by atoms with van der Waals surface area (Å²) >= 11 is 0. The highest BCUT2D eigenvalue weighted by molar-refractivity contribution is 5.32. The third kappa shape index (κ3) is 2.01. The van der Waals surface area contributed by atoms with Gasteiger partial charge in [0, 0.05) is 24.5 Å². The summed E-state index contributed by atoms with van der Waals surface area (Å²) in [4.78, 5) is 11.0. The van der Waals surface area contributed by atoms with Crippen LogP contribution in [0.3, 0.4) is 0 Å². The van der Waals surface area contributed by atoms with E-state index in [2.05, 4.69) is 14.9 Å². The van der Waals surface area contributed by atoms with Crippen molar-refractivity contribution in [1.29, 1.82) is 0 Å². The van der Waals surface area contributed by atoms with Crippen molar-refractivity contribution < 1.29 is 4.74 Å². The average molecular weight is 193 g/mol. The minimum atomic E-state index is 0.774. The highest BCUT2D eigenvalue weighted by atomic mass is 16.5. The van der Waals surface area contributed by atoms with Crippen LogP contribution in [0.1, 0.15) is 11.4 Å². The second-order valence-electron chi connectivity index (χ2n) is 3.55. The fourth-order valence-corrected chi connectivity index (χ4v) is 1.61. The Morgan fingerprint density at radius 3 is 2.29 bits per heavy atom. The van der Waals surface area contributed by atoms with Crippen LogP contribution in [0.25, 0.3) is 0 Å². The Morgan fingerprint density at radius 2 is 1.71 bits per heavy atom. The number of rotatable bonds is 1. The zero-order valence-corrected chi connectivity index (χ0v) is 8.66. The average Bonchev–Trinajstić information content (AvgIpc) is 2.18. The largest absolute Gasteiger partial charge is 0.378 e. The second-order valence-corrected chi connectivity index (χ2v) is 3.55. The Balaban J connectivity index is 2.21. The van der Waals surface area contributed by atoms with Gasteiger partial charge in [-0.05, 0) is 19.9 Å². The molecular formula is C10H15N3O. The first-order valence-corrected chi connectivity index (χ1v) is 4.91. The molecule has 14 heavy (non-hydrogen) atoms. The zero-order chi connectivity index (χ0) is 9.97. The van der Waals surface area contributed by atoms with E-state index in [0.717, 1.165) is 43.6 Å². The Bertz CT molecular complexity index is 301. The predicted octanol–water partition coefficient (Wildman–Crippen LogP) is 0.930. The molecule has 4 nitrogen and oxygen atoms in total. The normalized spacial score (nSPS) is 17.1. The number of ether oxygens (including phenoxy) is 1. The maximum Gasteiger partial charge on any atom is 0.225 e. The Morgan fingerprint density at radius 1 is 1.14 bits per heavy atom. The molecule has 0 aliphatic carbocycles. The van der Waals surface area contributed by atoms with Crippen LogP contribution in [0.4, 0.5) is 5.95 Å². The summed E-state index contributed by atoms with van der Waals surface area (Å²) in [5.41, 5.74) is 2.05. The molecule has 0 spiro atoms. The molecule has 1 fully saturated rings. The van der Waals surface area contributed by atoms with E-state index >= 15 is 0 Å². The summed E-state index contributed by atoms with van der Waals surface area (Å²) < 4.78 is 5.28. The Hall–Kier alpha value is -1.16. The fourth-order valence-electron chi connectivity index (χ4n) is 1.61. The smallest absolute Gasteiger partial charge is 0.225 e. The summed E-state index contributed by atoms with van der Waals surface area (Å²) in [6.07, 6.45) is 0. The van der Waals surface area contributed by atoms with Gasteiger partial charge in [0.25, 0.3) is 0 Å². The number of hydrogen-bond donors (Lipinski definition) is 0. The third-order valence-corrected chi connectivity index (χ3v) is 2.26. The van der Waals surface area contributed by atoms with Crippen molar-refractivity contribution in [3.63, 3.8) is 0 Å². The van der Waals surface area contributed by atoms with Gasteiger partial charge in [-0.1, -0.05) is 0 Å². The van der Waals surface area contributed by atoms with E-state index in [4.69, 9.17) is 4.74 Å². The first-order valence-electron chi connectivity index (χ1n) is 4.91. The Labute approximate surface area is 83.9 Å². The molecule has 76 valence electrons. The van der Waals surface area contributed by atoms with Crippen molar-refractivity contribution in [2.75, 3.05) is 31.2 Å². The van der Waals surface area contributed by atoms with Gasteiger partial charge in [0.15, 0.2) is 0 Å². The number of nitrogens with zero attached hydrogens (tertiary/aromatic N) is 3. The van der Waals surface area contributed by atoms with Crippen LogP contribution in [-0.2, 0) is 4.74 Å². The van der Waals surface area contributed by atoms with Crippen LogP contribution in [0.15, 0.2) is 6.07 Å². The van der Waals surface area contributed by atoms with Gasteiger partial charge in [0.2, 0.25) is 5.95 Å². The van der Waals surface area contributed by atoms with Crippen molar-refractivity contribution in [2.24, 2.45) is 0 Å². The monoisotopic (exact) mass is 193 g/mol. The van der Waals surface area contributed by atoms with Crippen molar-refractivity contribution in [3.8, 4) is 0 Å². The lowest BCUT2D eigenvalue weighted by atomic mass is 10.3. The molecule has 0 unspecified atom stereocenters. The Kier molecular flexibility index (Phi) is 2.63. The summed E-state index contributed by atoms with van der Waals surface area (Å²) in [6, 6.07) is 1.99. The molecule has 1 aliphatic heterocycles. The lowest BCUT2D eigenvalue weighted by Gasteiger charge is -2.27. The maximum absolute atomic E-state index is 5.28. The number of hydrogen-bond acceptors (Lipinski definition) is 4. The molecule has 2 heterocycles. The quantitative estimate of drug-likeness (QED) is 0.665. The molecule has 0 radical (unpaired) electrons. The molecule has 0 N–H and O–H groups in total. The number of aromatic nitrogens is 2. The molecule has 2 rings (SSSR count). The molecule has 0 atom stereocenters. The molecule has 0 bridgehead atoms. The first-order chi connectivity index (χ1) is 6.75. The van der Waals surface area contributed by atoms with Crippen molar-refractivity contribution in [3.05, 3.63) is 17.5 Å². The zero-order valence-electron chi connectivity index (χ0n) is 8.66. The molecule has 4 heteroatoms. The van der Waals surface area contributed by atoms with Crippen LogP contribution in [0, 0.1) is 13.8 Å². The second kappa shape index (κ2) is 3.92. The van der Waals surface area contributed by atoms with Gasteiger partial charge in [0.1, 0.15) is 0 Å². The van der Waals surface area contributed by atoms with E-state index in [9.17, 15) is 0 Å². The number of aryl methyl sites for hydroxylation is 2. The molecule has 0 aromatic carbocycles. The third-order valence-electron chi connectivity index (χ3n) is 2.26. The van der Waals surface area contributed by atoms with Crippen LogP contribution >= 0.6 is 0 Å². The van der Waals surface area contributed by atoms with Crippen LogP contribution in [0.2, 0.25) is 0 Å². The molecule has 1 aromatic heterocycles. The van der Waals surface area contributed by atoms with E-state index in [1.165, 1.54) is 0 Å². The van der Waals surface area contributed by atoms with E-state index in [0.29, 0.717) is 0 Å². The molecule has 0 amide bonds. The topological polar surface area (TPSA) is 38.2 Å². The van der Waals surface area contributed by atoms with Crippen LogP contribution in [0.5, 0.6) is 0 Å². The SMILES string of the molecule is Cc1cc(C)nc(N2CCOCC2)n1. The minimum Gasteiger partial charge on any atom is -0.378 e.